The highest BCUT2D eigenvalue weighted by atomic mass is 32.2. The van der Waals surface area contributed by atoms with Crippen molar-refractivity contribution >= 4 is 24.4 Å². The van der Waals surface area contributed by atoms with Crippen molar-refractivity contribution in [1.82, 2.24) is 9.55 Å². The fourth-order valence-electron chi connectivity index (χ4n) is 2.66. The first-order chi connectivity index (χ1) is 12.6. The minimum absolute atomic E-state index is 0.0322. The molecule has 130 valence electrons. The van der Waals surface area contributed by atoms with Crippen LogP contribution in [0.25, 0.3) is 17.1 Å². The summed E-state index contributed by atoms with van der Waals surface area (Å²) in [6.45, 7) is 2.00. The van der Waals surface area contributed by atoms with Gasteiger partial charge in [0.2, 0.25) is 0 Å². The second kappa shape index (κ2) is 7.81. The highest BCUT2D eigenvalue weighted by Gasteiger charge is 2.18. The van der Waals surface area contributed by atoms with Crippen LogP contribution in [-0.2, 0) is 5.75 Å². The van der Waals surface area contributed by atoms with Gasteiger partial charge in [-0.05, 0) is 37.4 Å². The normalized spacial score (nSPS) is 10.5. The van der Waals surface area contributed by atoms with Crippen LogP contribution in [0.4, 0.5) is 0 Å². The number of rotatable bonds is 4. The van der Waals surface area contributed by atoms with Crippen molar-refractivity contribution in [2.45, 2.75) is 17.6 Å². The van der Waals surface area contributed by atoms with Gasteiger partial charge in [0.05, 0.1) is 11.4 Å². The molecule has 0 aliphatic rings. The van der Waals surface area contributed by atoms with E-state index in [2.05, 4.69) is 17.6 Å². The van der Waals surface area contributed by atoms with Crippen LogP contribution in [0, 0.1) is 18.3 Å². The zero-order chi connectivity index (χ0) is 18.7. The lowest BCUT2D eigenvalue weighted by molar-refractivity contribution is 0.915. The van der Waals surface area contributed by atoms with Gasteiger partial charge in [-0.15, -0.1) is 11.8 Å². The largest absolute Gasteiger partial charge is 0.276 e. The van der Waals surface area contributed by atoms with Crippen molar-refractivity contribution in [3.63, 3.8) is 0 Å². The minimum atomic E-state index is -0.376. The van der Waals surface area contributed by atoms with Gasteiger partial charge in [-0.3, -0.25) is 9.36 Å². The summed E-state index contributed by atoms with van der Waals surface area (Å²) >= 11 is 5.87. The number of hydrogen-bond donors (Lipinski definition) is 1. The van der Waals surface area contributed by atoms with Gasteiger partial charge in [-0.25, -0.2) is 4.98 Å². The van der Waals surface area contributed by atoms with Gasteiger partial charge in [0, 0.05) is 16.2 Å². The number of hydrogen-bond acceptors (Lipinski definition) is 5. The van der Waals surface area contributed by atoms with Crippen LogP contribution in [-0.4, -0.2) is 15.8 Å². The van der Waals surface area contributed by atoms with Gasteiger partial charge in [0.1, 0.15) is 17.5 Å². The summed E-state index contributed by atoms with van der Waals surface area (Å²) in [6, 6.07) is 17.4. The van der Waals surface area contributed by atoms with E-state index in [0.717, 1.165) is 16.0 Å². The fourth-order valence-corrected chi connectivity index (χ4v) is 3.30. The predicted octanol–water partition coefficient (Wildman–Crippen LogP) is 4.23. The van der Waals surface area contributed by atoms with Gasteiger partial charge in [0.25, 0.3) is 5.56 Å². The number of thiol groups is 1. The predicted molar refractivity (Wildman–Crippen MR) is 109 cm³/mol. The third-order valence-corrected chi connectivity index (χ3v) is 5.10. The Labute approximate surface area is 161 Å². The monoisotopic (exact) mass is 379 g/mol. The molecule has 0 aliphatic carbocycles. The number of thioether (sulfide) groups is 1. The third kappa shape index (κ3) is 3.41. The first-order valence-corrected chi connectivity index (χ1v) is 9.83. The van der Waals surface area contributed by atoms with Gasteiger partial charge in [-0.1, -0.05) is 29.8 Å². The summed E-state index contributed by atoms with van der Waals surface area (Å²) in [5, 5.41) is 9.44. The summed E-state index contributed by atoms with van der Waals surface area (Å²) in [6.07, 6.45) is 2.00. The molecular formula is C20H17N3OS2. The van der Waals surface area contributed by atoms with Crippen molar-refractivity contribution in [1.29, 1.82) is 5.26 Å². The molecule has 6 heteroatoms. The molecule has 4 nitrogen and oxygen atoms in total. The van der Waals surface area contributed by atoms with E-state index in [-0.39, 0.29) is 16.9 Å². The topological polar surface area (TPSA) is 58.7 Å². The van der Waals surface area contributed by atoms with Crippen LogP contribution >= 0.6 is 24.4 Å². The summed E-state index contributed by atoms with van der Waals surface area (Å²) in [5.74, 6) is 0.735. The van der Waals surface area contributed by atoms with Crippen LogP contribution in [0.5, 0.6) is 0 Å². The standard InChI is InChI=1S/C20H17N3OS2/c1-13-3-5-14(6-4-13)19-22-18(12-25)17(11-21)20(24)23(19)15-7-9-16(26-2)10-8-15/h3-10,25H,12H2,1-2H3. The molecule has 3 rings (SSSR count). The SMILES string of the molecule is CSc1ccc(-n2c(-c3ccc(C)cc3)nc(CS)c(C#N)c2=O)cc1. The van der Waals surface area contributed by atoms with E-state index >= 15 is 0 Å². The van der Waals surface area contributed by atoms with Crippen LogP contribution in [0.2, 0.25) is 0 Å². The van der Waals surface area contributed by atoms with Gasteiger partial charge >= 0.3 is 0 Å². The number of benzene rings is 2. The molecule has 3 aromatic rings. The molecule has 0 radical (unpaired) electrons. The van der Waals surface area contributed by atoms with Crippen LogP contribution in [0.1, 0.15) is 16.8 Å². The van der Waals surface area contributed by atoms with Gasteiger partial charge in [-0.2, -0.15) is 17.9 Å². The second-order valence-electron chi connectivity index (χ2n) is 5.73. The van der Waals surface area contributed by atoms with Crippen molar-refractivity contribution < 1.29 is 0 Å². The molecule has 0 N–H and O–H groups in total. The zero-order valence-electron chi connectivity index (χ0n) is 14.4. The van der Waals surface area contributed by atoms with Crippen molar-refractivity contribution in [3.8, 4) is 23.1 Å². The van der Waals surface area contributed by atoms with Crippen molar-refractivity contribution in [2.75, 3.05) is 6.26 Å². The quantitative estimate of drug-likeness (QED) is 0.544. The number of nitriles is 1. The highest BCUT2D eigenvalue weighted by molar-refractivity contribution is 7.98. The summed E-state index contributed by atoms with van der Waals surface area (Å²) in [7, 11) is 0. The molecule has 0 fully saturated rings. The Morgan fingerprint density at radius 2 is 1.81 bits per heavy atom. The molecule has 0 amide bonds. The number of nitrogens with zero attached hydrogens (tertiary/aromatic N) is 3. The lowest BCUT2D eigenvalue weighted by Gasteiger charge is -2.15. The van der Waals surface area contributed by atoms with E-state index in [9.17, 15) is 10.1 Å². The Morgan fingerprint density at radius 1 is 1.15 bits per heavy atom. The first-order valence-electron chi connectivity index (χ1n) is 7.97. The number of aromatic nitrogens is 2. The Morgan fingerprint density at radius 3 is 2.35 bits per heavy atom. The fraction of sp³-hybridized carbons (Fsp3) is 0.150. The number of aryl methyl sites for hydroxylation is 1. The minimum Gasteiger partial charge on any atom is -0.267 e. The maximum absolute atomic E-state index is 13.1. The van der Waals surface area contributed by atoms with Gasteiger partial charge in [0.15, 0.2) is 0 Å². The molecule has 2 aromatic carbocycles. The molecule has 0 saturated heterocycles. The molecule has 0 unspecified atom stereocenters. The molecule has 1 heterocycles. The Hall–Kier alpha value is -2.49. The summed E-state index contributed by atoms with van der Waals surface area (Å²) < 4.78 is 1.50. The zero-order valence-corrected chi connectivity index (χ0v) is 16.1. The van der Waals surface area contributed by atoms with E-state index < -0.39 is 0 Å². The average Bonchev–Trinajstić information content (AvgIpc) is 2.68. The molecule has 0 spiro atoms. The molecule has 26 heavy (non-hydrogen) atoms. The van der Waals surface area contributed by atoms with Crippen LogP contribution in [0.3, 0.4) is 0 Å². The van der Waals surface area contributed by atoms with E-state index in [4.69, 9.17) is 0 Å². The molecule has 0 saturated carbocycles. The Balaban J connectivity index is 2.34. The maximum atomic E-state index is 13.1. The summed E-state index contributed by atoms with van der Waals surface area (Å²) in [4.78, 5) is 18.8. The maximum Gasteiger partial charge on any atom is 0.276 e. The molecular weight excluding hydrogens is 362 g/mol. The third-order valence-electron chi connectivity index (χ3n) is 4.06. The van der Waals surface area contributed by atoms with E-state index in [1.807, 2.05) is 67.8 Å². The van der Waals surface area contributed by atoms with Gasteiger partial charge < -0.3 is 0 Å². The van der Waals surface area contributed by atoms with Crippen molar-refractivity contribution in [3.05, 3.63) is 75.7 Å². The second-order valence-corrected chi connectivity index (χ2v) is 6.93. The van der Waals surface area contributed by atoms with E-state index in [1.165, 1.54) is 4.57 Å². The average molecular weight is 380 g/mol. The highest BCUT2D eigenvalue weighted by Crippen LogP contribution is 2.23. The molecule has 1 aromatic heterocycles. The molecule has 0 atom stereocenters. The molecule has 0 aliphatic heterocycles. The summed E-state index contributed by atoms with van der Waals surface area (Å²) in [5.41, 5.74) is 2.67. The van der Waals surface area contributed by atoms with Crippen molar-refractivity contribution in [2.24, 2.45) is 0 Å². The smallest absolute Gasteiger partial charge is 0.267 e. The first kappa shape index (κ1) is 18.3. The van der Waals surface area contributed by atoms with E-state index in [0.29, 0.717) is 17.2 Å². The van der Waals surface area contributed by atoms with Crippen LogP contribution in [0.15, 0.2) is 58.2 Å². The van der Waals surface area contributed by atoms with E-state index in [1.54, 1.807) is 11.8 Å². The molecule has 0 bridgehead atoms. The lowest BCUT2D eigenvalue weighted by atomic mass is 10.1. The lowest BCUT2D eigenvalue weighted by Crippen LogP contribution is -2.26. The van der Waals surface area contributed by atoms with Crippen LogP contribution < -0.4 is 5.56 Å². The Bertz CT molecular complexity index is 1030. The Kier molecular flexibility index (Phi) is 5.50.